The lowest BCUT2D eigenvalue weighted by atomic mass is 10.2. The van der Waals surface area contributed by atoms with E-state index in [0.717, 1.165) is 23.4 Å². The Balaban J connectivity index is 2.23. The van der Waals surface area contributed by atoms with Crippen LogP contribution in [0.25, 0.3) is 10.6 Å². The summed E-state index contributed by atoms with van der Waals surface area (Å²) >= 11 is 1.45. The van der Waals surface area contributed by atoms with Gasteiger partial charge in [-0.1, -0.05) is 23.5 Å². The van der Waals surface area contributed by atoms with E-state index in [1.165, 1.54) is 23.5 Å². The summed E-state index contributed by atoms with van der Waals surface area (Å²) in [6, 6.07) is 6.40. The molecule has 0 aliphatic rings. The van der Waals surface area contributed by atoms with Crippen molar-refractivity contribution in [3.63, 3.8) is 0 Å². The van der Waals surface area contributed by atoms with Gasteiger partial charge < -0.3 is 5.73 Å². The third-order valence-corrected chi connectivity index (χ3v) is 3.40. The van der Waals surface area contributed by atoms with E-state index in [2.05, 4.69) is 10.2 Å². The normalized spacial score (nSPS) is 10.5. The monoisotopic (exact) mass is 264 g/mol. The Hall–Kier alpha value is -1.86. The zero-order valence-corrected chi connectivity index (χ0v) is 10.4. The summed E-state index contributed by atoms with van der Waals surface area (Å²) in [5, 5.41) is 20.4. The van der Waals surface area contributed by atoms with Gasteiger partial charge in [-0.25, -0.2) is 0 Å². The van der Waals surface area contributed by atoms with Gasteiger partial charge in [-0.2, -0.15) is 0 Å². The molecule has 0 fully saturated rings. The highest BCUT2D eigenvalue weighted by Gasteiger charge is 2.10. The van der Waals surface area contributed by atoms with Gasteiger partial charge in [0.15, 0.2) is 0 Å². The van der Waals surface area contributed by atoms with Crippen molar-refractivity contribution >= 4 is 17.0 Å². The molecule has 94 valence electrons. The number of aryl methyl sites for hydroxylation is 1. The minimum absolute atomic E-state index is 0.0613. The first-order chi connectivity index (χ1) is 8.70. The lowest BCUT2D eigenvalue weighted by Gasteiger charge is -1.95. The van der Waals surface area contributed by atoms with Crippen molar-refractivity contribution in [2.24, 2.45) is 5.73 Å². The average molecular weight is 264 g/mol. The molecule has 2 N–H and O–H groups in total. The summed E-state index contributed by atoms with van der Waals surface area (Å²) in [5.41, 5.74) is 6.21. The molecule has 0 unspecified atom stereocenters. The van der Waals surface area contributed by atoms with Crippen LogP contribution in [0.5, 0.6) is 0 Å². The number of rotatable bonds is 5. The molecule has 0 bridgehead atoms. The summed E-state index contributed by atoms with van der Waals surface area (Å²) in [5.74, 6) is 0. The second-order valence-electron chi connectivity index (χ2n) is 3.70. The first-order valence-electron chi connectivity index (χ1n) is 5.48. The molecule has 6 nitrogen and oxygen atoms in total. The molecule has 0 saturated heterocycles. The summed E-state index contributed by atoms with van der Waals surface area (Å²) < 4.78 is 0. The number of nitrogens with zero attached hydrogens (tertiary/aromatic N) is 3. The highest BCUT2D eigenvalue weighted by molar-refractivity contribution is 7.14. The molecular formula is C11H12N4O2S. The van der Waals surface area contributed by atoms with E-state index in [4.69, 9.17) is 5.73 Å². The predicted octanol–water partition coefficient (Wildman–Crippen LogP) is 2.00. The SMILES string of the molecule is NCCCc1nnc(-c2cccc([N+](=O)[O-])c2)s1. The van der Waals surface area contributed by atoms with Crippen LogP contribution in [-0.4, -0.2) is 21.7 Å². The number of hydrogen-bond donors (Lipinski definition) is 1. The van der Waals surface area contributed by atoms with Gasteiger partial charge in [0.25, 0.3) is 5.69 Å². The van der Waals surface area contributed by atoms with Crippen molar-refractivity contribution in [2.45, 2.75) is 12.8 Å². The number of nitrogens with two attached hydrogens (primary N) is 1. The van der Waals surface area contributed by atoms with E-state index in [0.29, 0.717) is 11.6 Å². The molecule has 0 aliphatic carbocycles. The van der Waals surface area contributed by atoms with Crippen molar-refractivity contribution in [2.75, 3.05) is 6.54 Å². The fourth-order valence-corrected chi connectivity index (χ4v) is 2.35. The maximum Gasteiger partial charge on any atom is 0.270 e. The number of nitro benzene ring substituents is 1. The van der Waals surface area contributed by atoms with E-state index in [1.54, 1.807) is 12.1 Å². The van der Waals surface area contributed by atoms with Crippen LogP contribution in [0.2, 0.25) is 0 Å². The summed E-state index contributed by atoms with van der Waals surface area (Å²) in [4.78, 5) is 10.3. The Kier molecular flexibility index (Phi) is 3.96. The van der Waals surface area contributed by atoms with Crippen LogP contribution in [0, 0.1) is 10.1 Å². The maximum absolute atomic E-state index is 10.7. The fraction of sp³-hybridized carbons (Fsp3) is 0.273. The minimum atomic E-state index is -0.417. The van der Waals surface area contributed by atoms with E-state index >= 15 is 0 Å². The van der Waals surface area contributed by atoms with Gasteiger partial charge in [0.05, 0.1) is 4.92 Å². The van der Waals surface area contributed by atoms with Crippen LogP contribution in [-0.2, 0) is 6.42 Å². The fourth-order valence-electron chi connectivity index (χ4n) is 1.48. The van der Waals surface area contributed by atoms with Crippen LogP contribution in [0.4, 0.5) is 5.69 Å². The first kappa shape index (κ1) is 12.6. The van der Waals surface area contributed by atoms with Crippen molar-refractivity contribution in [3.8, 4) is 10.6 Å². The van der Waals surface area contributed by atoms with Gasteiger partial charge >= 0.3 is 0 Å². The van der Waals surface area contributed by atoms with Crippen molar-refractivity contribution < 1.29 is 4.92 Å². The molecule has 0 spiro atoms. The molecule has 0 radical (unpaired) electrons. The molecular weight excluding hydrogens is 252 g/mol. The number of non-ortho nitro benzene ring substituents is 1. The average Bonchev–Trinajstić information content (AvgIpc) is 2.85. The number of benzene rings is 1. The highest BCUT2D eigenvalue weighted by Crippen LogP contribution is 2.26. The van der Waals surface area contributed by atoms with Gasteiger partial charge in [0.2, 0.25) is 0 Å². The van der Waals surface area contributed by atoms with Gasteiger partial charge in [0, 0.05) is 24.1 Å². The second kappa shape index (κ2) is 5.65. The molecule has 2 aromatic rings. The summed E-state index contributed by atoms with van der Waals surface area (Å²) in [7, 11) is 0. The van der Waals surface area contributed by atoms with Crippen LogP contribution in [0.15, 0.2) is 24.3 Å². The van der Waals surface area contributed by atoms with Crippen LogP contribution in [0.1, 0.15) is 11.4 Å². The topological polar surface area (TPSA) is 94.9 Å². The summed E-state index contributed by atoms with van der Waals surface area (Å²) in [6.45, 7) is 0.617. The van der Waals surface area contributed by atoms with Crippen LogP contribution in [0.3, 0.4) is 0 Å². The van der Waals surface area contributed by atoms with Crippen LogP contribution >= 0.6 is 11.3 Å². The standard InChI is InChI=1S/C11H12N4O2S/c12-6-2-5-10-13-14-11(18-10)8-3-1-4-9(7-8)15(16)17/h1,3-4,7H,2,5-6,12H2. The van der Waals surface area contributed by atoms with E-state index in [1.807, 2.05) is 0 Å². The van der Waals surface area contributed by atoms with Crippen molar-refractivity contribution in [1.29, 1.82) is 0 Å². The van der Waals surface area contributed by atoms with Gasteiger partial charge in [-0.3, -0.25) is 10.1 Å². The molecule has 1 aromatic carbocycles. The lowest BCUT2D eigenvalue weighted by Crippen LogP contribution is -1.99. The molecule has 18 heavy (non-hydrogen) atoms. The Bertz CT molecular complexity index is 555. The molecule has 7 heteroatoms. The van der Waals surface area contributed by atoms with E-state index < -0.39 is 4.92 Å². The maximum atomic E-state index is 10.7. The number of nitro groups is 1. The van der Waals surface area contributed by atoms with Crippen molar-refractivity contribution in [3.05, 3.63) is 39.4 Å². The number of hydrogen-bond acceptors (Lipinski definition) is 6. The van der Waals surface area contributed by atoms with E-state index in [-0.39, 0.29) is 5.69 Å². The zero-order chi connectivity index (χ0) is 13.0. The smallest absolute Gasteiger partial charge is 0.270 e. The van der Waals surface area contributed by atoms with E-state index in [9.17, 15) is 10.1 Å². The Morgan fingerprint density at radius 2 is 2.22 bits per heavy atom. The minimum Gasteiger partial charge on any atom is -0.330 e. The molecule has 2 rings (SSSR count). The molecule has 0 saturated carbocycles. The first-order valence-corrected chi connectivity index (χ1v) is 6.29. The van der Waals surface area contributed by atoms with Gasteiger partial charge in [-0.15, -0.1) is 10.2 Å². The second-order valence-corrected chi connectivity index (χ2v) is 4.76. The quantitative estimate of drug-likeness (QED) is 0.658. The Morgan fingerprint density at radius 3 is 2.94 bits per heavy atom. The van der Waals surface area contributed by atoms with Crippen molar-refractivity contribution in [1.82, 2.24) is 10.2 Å². The lowest BCUT2D eigenvalue weighted by molar-refractivity contribution is -0.384. The highest BCUT2D eigenvalue weighted by atomic mass is 32.1. The molecule has 1 heterocycles. The molecule has 0 aliphatic heterocycles. The van der Waals surface area contributed by atoms with Crippen LogP contribution < -0.4 is 5.73 Å². The van der Waals surface area contributed by atoms with Gasteiger partial charge in [0.1, 0.15) is 10.0 Å². The molecule has 1 aromatic heterocycles. The Morgan fingerprint density at radius 1 is 1.39 bits per heavy atom. The van der Waals surface area contributed by atoms with Gasteiger partial charge in [-0.05, 0) is 13.0 Å². The number of aromatic nitrogens is 2. The zero-order valence-electron chi connectivity index (χ0n) is 9.57. The predicted molar refractivity (Wildman–Crippen MR) is 69.4 cm³/mol. The third-order valence-electron chi connectivity index (χ3n) is 2.37. The Labute approximate surface area is 108 Å². The molecule has 0 atom stereocenters. The summed E-state index contributed by atoms with van der Waals surface area (Å²) in [6.07, 6.45) is 1.66. The molecule has 0 amide bonds. The largest absolute Gasteiger partial charge is 0.330 e. The third kappa shape index (κ3) is 2.88.